The van der Waals surface area contributed by atoms with Crippen LogP contribution in [-0.4, -0.2) is 105 Å². The van der Waals surface area contributed by atoms with Gasteiger partial charge in [-0.15, -0.1) is 23.4 Å². The molecule has 4 rings (SSSR count). The van der Waals surface area contributed by atoms with Crippen LogP contribution in [0.1, 0.15) is 57.6 Å². The number of hydrogen-bond acceptors (Lipinski definition) is 17. The van der Waals surface area contributed by atoms with E-state index >= 15 is 0 Å². The minimum Gasteiger partial charge on any atom is -0.461 e. The fourth-order valence-electron chi connectivity index (χ4n) is 4.70. The molecule has 3 amide bonds. The Morgan fingerprint density at radius 2 is 1.72 bits per heavy atom. The van der Waals surface area contributed by atoms with E-state index in [-0.39, 0.29) is 46.8 Å². The van der Waals surface area contributed by atoms with Gasteiger partial charge in [-0.2, -0.15) is 4.98 Å². The van der Waals surface area contributed by atoms with E-state index in [0.717, 1.165) is 31.1 Å². The SMILES string of the molecule is CC(=O)OCC1=C(C(=O)OC(C)(C)C)N2C(=O)[C@H](NC(=O)/C(=N\OCC(=O)c3ccc(OC(C)=O)c(OC(C)=O)c3)c3coc(NC(=O)CCl)n3)[C@H]2SC1. The molecule has 54 heavy (non-hydrogen) atoms. The zero-order chi connectivity index (χ0) is 39.9. The number of hydrogen-bond donors (Lipinski definition) is 2. The molecule has 288 valence electrons. The second kappa shape index (κ2) is 17.4. The van der Waals surface area contributed by atoms with Crippen LogP contribution < -0.4 is 20.1 Å². The lowest BCUT2D eigenvalue weighted by atomic mass is 10.0. The minimum atomic E-state index is -1.21. The highest BCUT2D eigenvalue weighted by atomic mass is 35.5. The van der Waals surface area contributed by atoms with Gasteiger partial charge >= 0.3 is 29.9 Å². The van der Waals surface area contributed by atoms with Crippen LogP contribution in [0.2, 0.25) is 0 Å². The van der Waals surface area contributed by atoms with Crippen LogP contribution in [0.3, 0.4) is 0 Å². The number of rotatable bonds is 14. The molecule has 0 saturated carbocycles. The molecule has 0 radical (unpaired) electrons. The zero-order valence-electron chi connectivity index (χ0n) is 29.6. The highest BCUT2D eigenvalue weighted by Gasteiger charge is 2.55. The number of nitrogens with zero attached hydrogens (tertiary/aromatic N) is 3. The van der Waals surface area contributed by atoms with E-state index < -0.39 is 82.6 Å². The number of β-lactam (4-membered cyclic amide) rings is 1. The number of oxime groups is 1. The van der Waals surface area contributed by atoms with E-state index in [1.165, 1.54) is 30.8 Å². The molecule has 1 aromatic heterocycles. The van der Waals surface area contributed by atoms with Gasteiger partial charge in [0.1, 0.15) is 47.2 Å². The lowest BCUT2D eigenvalue weighted by molar-refractivity contribution is -0.159. The summed E-state index contributed by atoms with van der Waals surface area (Å²) in [6, 6.07) is 2.07. The van der Waals surface area contributed by atoms with Crippen molar-refractivity contribution in [1.29, 1.82) is 0 Å². The molecule has 2 aliphatic rings. The molecule has 0 unspecified atom stereocenters. The highest BCUT2D eigenvalue weighted by molar-refractivity contribution is 8.00. The summed E-state index contributed by atoms with van der Waals surface area (Å²) >= 11 is 6.71. The van der Waals surface area contributed by atoms with Crippen molar-refractivity contribution in [2.24, 2.45) is 5.16 Å². The van der Waals surface area contributed by atoms with Crippen molar-refractivity contribution in [3.05, 3.63) is 47.0 Å². The number of thioether (sulfide) groups is 1. The quantitative estimate of drug-likeness (QED) is 0.0527. The maximum Gasteiger partial charge on any atom is 0.355 e. The van der Waals surface area contributed by atoms with Crippen LogP contribution in [0.4, 0.5) is 6.01 Å². The van der Waals surface area contributed by atoms with Crippen molar-refractivity contribution in [3.63, 3.8) is 0 Å². The average Bonchev–Trinajstić information content (AvgIpc) is 3.54. The maximum absolute atomic E-state index is 13.7. The Balaban J connectivity index is 1.58. The number of carbonyl (C=O) groups excluding carboxylic acids is 8. The predicted octanol–water partition coefficient (Wildman–Crippen LogP) is 1.86. The molecule has 21 heteroatoms. The van der Waals surface area contributed by atoms with Gasteiger partial charge in [0, 0.05) is 37.7 Å². The first kappa shape index (κ1) is 41.0. The van der Waals surface area contributed by atoms with Crippen LogP contribution in [-0.2, 0) is 47.9 Å². The van der Waals surface area contributed by atoms with E-state index in [9.17, 15) is 38.4 Å². The van der Waals surface area contributed by atoms with E-state index in [1.807, 2.05) is 0 Å². The number of ketones is 1. The van der Waals surface area contributed by atoms with Gasteiger partial charge in [-0.05, 0) is 39.0 Å². The van der Waals surface area contributed by atoms with Crippen molar-refractivity contribution in [3.8, 4) is 11.5 Å². The molecule has 0 bridgehead atoms. The van der Waals surface area contributed by atoms with E-state index in [2.05, 4.69) is 20.8 Å². The summed E-state index contributed by atoms with van der Waals surface area (Å²) in [7, 11) is 0. The molecule has 2 atom stereocenters. The second-order valence-corrected chi connectivity index (χ2v) is 13.7. The number of aromatic nitrogens is 1. The highest BCUT2D eigenvalue weighted by Crippen LogP contribution is 2.41. The molecule has 0 aliphatic carbocycles. The number of fused-ring (bicyclic) bond motifs is 1. The minimum absolute atomic E-state index is 0.0488. The fraction of sp³-hybridized carbons (Fsp3) is 0.394. The third kappa shape index (κ3) is 10.4. The van der Waals surface area contributed by atoms with Gasteiger partial charge < -0.3 is 33.5 Å². The molecule has 2 aliphatic heterocycles. The number of anilines is 1. The number of esters is 4. The first-order chi connectivity index (χ1) is 25.4. The normalized spacial score (nSPS) is 16.7. The number of oxazole rings is 1. The van der Waals surface area contributed by atoms with Crippen molar-refractivity contribution >= 4 is 82.5 Å². The summed E-state index contributed by atoms with van der Waals surface area (Å²) < 4.78 is 25.9. The summed E-state index contributed by atoms with van der Waals surface area (Å²) in [6.07, 6.45) is 0.946. The zero-order valence-corrected chi connectivity index (χ0v) is 31.2. The van der Waals surface area contributed by atoms with E-state index in [4.69, 9.17) is 39.8 Å². The second-order valence-electron chi connectivity index (χ2n) is 12.3. The van der Waals surface area contributed by atoms with Crippen molar-refractivity contribution in [2.75, 3.05) is 30.2 Å². The van der Waals surface area contributed by atoms with Gasteiger partial charge in [-0.3, -0.25) is 43.8 Å². The van der Waals surface area contributed by atoms with Gasteiger partial charge in [0.05, 0.1) is 0 Å². The van der Waals surface area contributed by atoms with Gasteiger partial charge in [-0.25, -0.2) is 4.79 Å². The van der Waals surface area contributed by atoms with E-state index in [1.54, 1.807) is 20.8 Å². The lowest BCUT2D eigenvalue weighted by Gasteiger charge is -2.49. The first-order valence-electron chi connectivity index (χ1n) is 15.8. The smallest absolute Gasteiger partial charge is 0.355 e. The van der Waals surface area contributed by atoms with Crippen LogP contribution in [0.15, 0.2) is 45.3 Å². The Hall–Kier alpha value is -5.76. The number of nitrogens with one attached hydrogen (secondary N) is 2. The standard InChI is InChI=1S/C33H34ClN5O14S/c1-15(40)48-11-19-14-54-30-26(29(46)39(30)27(19)31(47)53-33(4,5)6)37-28(45)25(20-12-49-32(35-20)36-24(44)10-34)38-50-13-21(43)18-7-8-22(51-16(2)41)23(9-18)52-17(3)42/h7-9,12,26,30H,10-11,13-14H2,1-6H3,(H,37,45)(H,35,36,44)/b38-25-/t26-,30+/m0/s1. The number of carbonyl (C=O) groups is 8. The Morgan fingerprint density at radius 1 is 1.04 bits per heavy atom. The molecule has 2 aromatic rings. The number of alkyl halides is 1. The van der Waals surface area contributed by atoms with E-state index in [0.29, 0.717) is 5.57 Å². The average molecular weight is 792 g/mol. The van der Waals surface area contributed by atoms with Crippen LogP contribution in [0.5, 0.6) is 11.5 Å². The molecule has 3 heterocycles. The fourth-order valence-corrected chi connectivity index (χ4v) is 6.09. The van der Waals surface area contributed by atoms with Crippen molar-refractivity contribution < 1.29 is 66.6 Å². The van der Waals surface area contributed by atoms with Gasteiger partial charge in [0.25, 0.3) is 11.8 Å². The molecule has 1 fully saturated rings. The molecule has 2 N–H and O–H groups in total. The predicted molar refractivity (Wildman–Crippen MR) is 186 cm³/mol. The summed E-state index contributed by atoms with van der Waals surface area (Å²) in [4.78, 5) is 110. The van der Waals surface area contributed by atoms with Gasteiger partial charge in [0.2, 0.25) is 11.7 Å². The van der Waals surface area contributed by atoms with Gasteiger partial charge in [0.15, 0.2) is 23.8 Å². The molecular weight excluding hydrogens is 758 g/mol. The largest absolute Gasteiger partial charge is 0.461 e. The van der Waals surface area contributed by atoms with Crippen LogP contribution >= 0.6 is 23.4 Å². The summed E-state index contributed by atoms with van der Waals surface area (Å²) in [6.45, 7) is 7.31. The molecule has 19 nitrogen and oxygen atoms in total. The third-order valence-electron chi connectivity index (χ3n) is 6.83. The van der Waals surface area contributed by atoms with Crippen molar-refractivity contribution in [1.82, 2.24) is 15.2 Å². The Bertz CT molecular complexity index is 1950. The topological polar surface area (TPSA) is 248 Å². The first-order valence-corrected chi connectivity index (χ1v) is 17.4. The molecule has 1 saturated heterocycles. The summed E-state index contributed by atoms with van der Waals surface area (Å²) in [5.41, 5.74) is -1.64. The monoisotopic (exact) mass is 791 g/mol. The van der Waals surface area contributed by atoms with Crippen LogP contribution in [0.25, 0.3) is 0 Å². The lowest BCUT2D eigenvalue weighted by Crippen LogP contribution is -2.71. The summed E-state index contributed by atoms with van der Waals surface area (Å²) in [5, 5.41) is 7.76. The molecule has 0 spiro atoms. The number of Topliss-reactive ketones (excluding diaryl/α,β-unsaturated/α-hetero) is 1. The maximum atomic E-state index is 13.7. The Kier molecular flexibility index (Phi) is 13.2. The van der Waals surface area contributed by atoms with Crippen LogP contribution in [0, 0.1) is 0 Å². The molecular formula is C33H34ClN5O14S. The third-order valence-corrected chi connectivity index (χ3v) is 8.41. The Morgan fingerprint density at radius 3 is 2.35 bits per heavy atom. The molecule has 1 aromatic carbocycles. The number of benzene rings is 1. The number of amides is 3. The summed E-state index contributed by atoms with van der Waals surface area (Å²) in [5.74, 6) is -6.65. The number of halogens is 1. The Labute approximate surface area is 316 Å². The number of ether oxygens (including phenoxy) is 4. The van der Waals surface area contributed by atoms with Gasteiger partial charge in [-0.1, -0.05) is 5.16 Å². The van der Waals surface area contributed by atoms with Crippen molar-refractivity contribution in [2.45, 2.75) is 58.6 Å².